The fourth-order valence-corrected chi connectivity index (χ4v) is 8.05. The van der Waals surface area contributed by atoms with Crippen molar-refractivity contribution in [1.29, 1.82) is 0 Å². The average Bonchev–Trinajstić information content (AvgIpc) is 3.22. The number of nitrogens with zero attached hydrogens (tertiary/aromatic N) is 1. The van der Waals surface area contributed by atoms with Crippen molar-refractivity contribution in [3.8, 4) is 0 Å². The first-order valence-electron chi connectivity index (χ1n) is 14.4. The van der Waals surface area contributed by atoms with Gasteiger partial charge in [-0.05, 0) is 88.0 Å². The van der Waals surface area contributed by atoms with Crippen LogP contribution >= 0.6 is 0 Å². The van der Waals surface area contributed by atoms with Gasteiger partial charge in [-0.15, -0.1) is 0 Å². The van der Waals surface area contributed by atoms with Crippen LogP contribution in [0.1, 0.15) is 83.6 Å². The van der Waals surface area contributed by atoms with E-state index in [0.29, 0.717) is 17.8 Å². The minimum absolute atomic E-state index is 0.0305. The number of hydrogen-bond acceptors (Lipinski definition) is 6. The van der Waals surface area contributed by atoms with E-state index in [2.05, 4.69) is 27.7 Å². The number of rotatable bonds is 3. The predicted octanol–water partition coefficient (Wildman–Crippen LogP) is 5.31. The van der Waals surface area contributed by atoms with Crippen molar-refractivity contribution in [2.75, 3.05) is 6.61 Å². The molecule has 1 aromatic heterocycles. The Morgan fingerprint density at radius 3 is 2.46 bits per heavy atom. The van der Waals surface area contributed by atoms with Crippen molar-refractivity contribution in [3.05, 3.63) is 46.3 Å². The van der Waals surface area contributed by atoms with Crippen LogP contribution in [0, 0.1) is 42.4 Å². The molecule has 1 saturated heterocycles. The van der Waals surface area contributed by atoms with E-state index in [1.165, 1.54) is 0 Å². The molecule has 39 heavy (non-hydrogen) atoms. The molecule has 0 amide bonds. The molecule has 2 heterocycles. The molecule has 214 valence electrons. The number of carbonyl (C=O) groups excluding carboxylic acids is 2. The molecular weight excluding hydrogens is 494 g/mol. The van der Waals surface area contributed by atoms with Crippen molar-refractivity contribution in [2.45, 2.75) is 106 Å². The summed E-state index contributed by atoms with van der Waals surface area (Å²) in [5, 5.41) is 13.2. The van der Waals surface area contributed by atoms with Gasteiger partial charge in [0.25, 0.3) is 0 Å². The molecule has 7 nitrogen and oxygen atoms in total. The molecule has 4 aliphatic rings. The third kappa shape index (κ3) is 3.72. The van der Waals surface area contributed by atoms with Crippen LogP contribution in [0.5, 0.6) is 0 Å². The summed E-state index contributed by atoms with van der Waals surface area (Å²) in [7, 11) is 0. The number of hydrogen-bond donors (Lipinski definition) is 1. The number of carbonyl (C=O) groups is 2. The summed E-state index contributed by atoms with van der Waals surface area (Å²) in [5.41, 5.74) is 0.197. The molecule has 7 atom stereocenters. The Hall–Kier alpha value is -2.22. The normalized spacial score (nSPS) is 38.6. The molecule has 0 radical (unpaired) electrons. The van der Waals surface area contributed by atoms with Crippen molar-refractivity contribution >= 4 is 11.8 Å². The van der Waals surface area contributed by atoms with E-state index in [1.807, 2.05) is 64.3 Å². The largest absolute Gasteiger partial charge is 0.450 e. The Morgan fingerprint density at radius 2 is 1.82 bits per heavy atom. The summed E-state index contributed by atoms with van der Waals surface area (Å²) in [6.07, 6.45) is 2.71. The summed E-state index contributed by atoms with van der Waals surface area (Å²) >= 11 is 0. The second-order valence-corrected chi connectivity index (χ2v) is 13.6. The Morgan fingerprint density at radius 1 is 1.15 bits per heavy atom. The quantitative estimate of drug-likeness (QED) is 0.414. The maximum Gasteiger partial charge on any atom is 0.355 e. The van der Waals surface area contributed by atoms with E-state index in [1.54, 1.807) is 0 Å². The molecule has 1 spiro atoms. The monoisotopic (exact) mass is 539 g/mol. The van der Waals surface area contributed by atoms with E-state index >= 15 is 0 Å². The van der Waals surface area contributed by atoms with Gasteiger partial charge in [0.15, 0.2) is 23.3 Å². The SMILES string of the molecule is CCn1c(C)cc(C)c1C(=O)O[C@H]1C(C)=CC23C(=O)[C@@H](C=C4COC(C)(C)O[C@H]4[C@]12O)C(C)(C)C(C)CC3C. The molecule has 1 aromatic rings. The lowest BCUT2D eigenvalue weighted by molar-refractivity contribution is -0.302. The van der Waals surface area contributed by atoms with Crippen LogP contribution in [-0.4, -0.2) is 51.6 Å². The van der Waals surface area contributed by atoms with E-state index in [0.717, 1.165) is 23.3 Å². The third-order valence-electron chi connectivity index (χ3n) is 10.5. The first kappa shape index (κ1) is 28.3. The summed E-state index contributed by atoms with van der Waals surface area (Å²) in [4.78, 5) is 28.7. The molecule has 2 bridgehead atoms. The van der Waals surface area contributed by atoms with Gasteiger partial charge in [-0.25, -0.2) is 4.79 Å². The first-order chi connectivity index (χ1) is 18.0. The molecule has 1 saturated carbocycles. The zero-order valence-electron chi connectivity index (χ0n) is 25.2. The molecule has 7 heteroatoms. The van der Waals surface area contributed by atoms with Crippen LogP contribution < -0.4 is 0 Å². The second kappa shape index (κ2) is 8.89. The highest BCUT2D eigenvalue weighted by molar-refractivity contribution is 5.96. The Bertz CT molecular complexity index is 1280. The van der Waals surface area contributed by atoms with Crippen LogP contribution in [0.2, 0.25) is 0 Å². The highest BCUT2D eigenvalue weighted by Crippen LogP contribution is 2.63. The van der Waals surface area contributed by atoms with E-state index < -0.39 is 40.9 Å². The standard InChI is InChI=1S/C32H45NO6/c1-11-33-21(6)12-17(2)24(33)28(35)38-26-18(3)15-31-20(5)13-19(4)29(7,8)23(25(31)34)14-22-16-37-30(9,10)39-27(22)32(26,31)36/h12,14-15,19-20,23,26-27,36H,11,13,16H2,1-10H3/t19?,20?,23-,26+,27-,31?,32-/m1/s1. The highest BCUT2D eigenvalue weighted by atomic mass is 16.7. The minimum atomic E-state index is -1.84. The number of ether oxygens (including phenoxy) is 3. The number of esters is 1. The van der Waals surface area contributed by atoms with Gasteiger partial charge in [-0.2, -0.15) is 0 Å². The minimum Gasteiger partial charge on any atom is -0.450 e. The number of aliphatic hydroxyl groups is 1. The molecule has 2 fully saturated rings. The van der Waals surface area contributed by atoms with Crippen molar-refractivity contribution in [2.24, 2.45) is 28.6 Å². The van der Waals surface area contributed by atoms with Gasteiger partial charge >= 0.3 is 5.97 Å². The highest BCUT2D eigenvalue weighted by Gasteiger charge is 2.74. The van der Waals surface area contributed by atoms with Crippen LogP contribution in [0.25, 0.3) is 0 Å². The van der Waals surface area contributed by atoms with Crippen molar-refractivity contribution < 1.29 is 28.9 Å². The van der Waals surface area contributed by atoms with E-state index in [4.69, 9.17) is 14.2 Å². The summed E-state index contributed by atoms with van der Waals surface area (Å²) in [6, 6.07) is 1.97. The lowest BCUT2D eigenvalue weighted by Crippen LogP contribution is -2.68. The number of Topliss-reactive ketones (excluding diaryl/α,β-unsaturated/α-hetero) is 1. The first-order valence-corrected chi connectivity index (χ1v) is 14.4. The topological polar surface area (TPSA) is 87.0 Å². The Labute approximate surface area is 232 Å². The maximum atomic E-state index is 14.8. The van der Waals surface area contributed by atoms with Gasteiger partial charge in [0, 0.05) is 18.2 Å². The van der Waals surface area contributed by atoms with Crippen LogP contribution in [-0.2, 0) is 25.5 Å². The molecule has 1 aliphatic heterocycles. The summed E-state index contributed by atoms with van der Waals surface area (Å²) in [5.74, 6) is -1.97. The smallest absolute Gasteiger partial charge is 0.355 e. The zero-order chi connectivity index (χ0) is 28.9. The van der Waals surface area contributed by atoms with Gasteiger partial charge in [-0.3, -0.25) is 4.79 Å². The van der Waals surface area contributed by atoms with E-state index in [-0.39, 0.29) is 29.6 Å². The maximum absolute atomic E-state index is 14.8. The molecule has 3 aliphatic carbocycles. The van der Waals surface area contributed by atoms with E-state index in [9.17, 15) is 14.7 Å². The Kier molecular flexibility index (Phi) is 6.45. The van der Waals surface area contributed by atoms with Crippen molar-refractivity contribution in [1.82, 2.24) is 4.57 Å². The van der Waals surface area contributed by atoms with Gasteiger partial charge in [0.05, 0.1) is 12.0 Å². The summed E-state index contributed by atoms with van der Waals surface area (Å²) in [6.45, 7) is 20.7. The van der Waals surface area contributed by atoms with Gasteiger partial charge < -0.3 is 23.9 Å². The lowest BCUT2D eigenvalue weighted by atomic mass is 9.59. The Balaban J connectivity index is 1.72. The number of fused-ring (bicyclic) bond motifs is 3. The second-order valence-electron chi connectivity index (χ2n) is 13.6. The van der Waals surface area contributed by atoms with Crippen molar-refractivity contribution in [3.63, 3.8) is 0 Å². The molecule has 3 unspecified atom stereocenters. The molecule has 0 aromatic carbocycles. The van der Waals surface area contributed by atoms with Gasteiger partial charge in [-0.1, -0.05) is 39.8 Å². The third-order valence-corrected chi connectivity index (χ3v) is 10.5. The molecule has 5 rings (SSSR count). The van der Waals surface area contributed by atoms with Gasteiger partial charge in [0.1, 0.15) is 11.8 Å². The van der Waals surface area contributed by atoms with Gasteiger partial charge in [0.2, 0.25) is 0 Å². The number of allylic oxidation sites excluding steroid dienone is 1. The zero-order valence-corrected chi connectivity index (χ0v) is 25.2. The number of ketones is 1. The molecular formula is C32H45NO6. The lowest BCUT2D eigenvalue weighted by Gasteiger charge is -2.52. The fourth-order valence-electron chi connectivity index (χ4n) is 8.05. The predicted molar refractivity (Wildman–Crippen MR) is 148 cm³/mol. The van der Waals surface area contributed by atoms with Crippen LogP contribution in [0.15, 0.2) is 29.4 Å². The molecule has 1 N–H and O–H groups in total. The number of aryl methyl sites for hydroxylation is 2. The van der Waals surface area contributed by atoms with Crippen LogP contribution in [0.4, 0.5) is 0 Å². The number of aromatic nitrogens is 1. The van der Waals surface area contributed by atoms with Crippen LogP contribution in [0.3, 0.4) is 0 Å². The fraction of sp³-hybridized carbons (Fsp3) is 0.688. The average molecular weight is 540 g/mol. The summed E-state index contributed by atoms with van der Waals surface area (Å²) < 4.78 is 20.8.